The molecule has 0 radical (unpaired) electrons. The molecule has 0 saturated carbocycles. The molecule has 20 heavy (non-hydrogen) atoms. The minimum Gasteiger partial charge on any atom is -0.465 e. The van der Waals surface area contributed by atoms with Gasteiger partial charge in [-0.15, -0.1) is 11.8 Å². The molecule has 0 aliphatic carbocycles. The highest BCUT2D eigenvalue weighted by molar-refractivity contribution is 7.98. The standard InChI is InChI=1S/C15H12ClFO2S/c1-19-15(18)12-7-11(16)8-13(14(12)17)20-9-10-5-3-2-4-6-10/h2-8H,9H2,1H3. The van der Waals surface area contributed by atoms with Crippen molar-refractivity contribution in [3.8, 4) is 0 Å². The molecule has 2 nitrogen and oxygen atoms in total. The maximum Gasteiger partial charge on any atom is 0.340 e. The summed E-state index contributed by atoms with van der Waals surface area (Å²) >= 11 is 7.21. The molecule has 104 valence electrons. The Balaban J connectivity index is 2.23. The fraction of sp³-hybridized carbons (Fsp3) is 0.133. The predicted octanol–water partition coefficient (Wildman–Crippen LogP) is 4.56. The first-order valence-electron chi connectivity index (χ1n) is 5.86. The summed E-state index contributed by atoms with van der Waals surface area (Å²) in [7, 11) is 1.21. The average molecular weight is 311 g/mol. The van der Waals surface area contributed by atoms with Crippen molar-refractivity contribution >= 4 is 29.3 Å². The first-order valence-corrected chi connectivity index (χ1v) is 7.22. The van der Waals surface area contributed by atoms with Crippen LogP contribution in [-0.4, -0.2) is 13.1 Å². The Bertz CT molecular complexity index is 617. The van der Waals surface area contributed by atoms with Crippen LogP contribution in [0.25, 0.3) is 0 Å². The quantitative estimate of drug-likeness (QED) is 0.612. The van der Waals surface area contributed by atoms with Crippen LogP contribution in [0, 0.1) is 5.82 Å². The molecule has 0 amide bonds. The zero-order valence-corrected chi connectivity index (χ0v) is 12.3. The Morgan fingerprint density at radius 1 is 1.30 bits per heavy atom. The molecule has 0 unspecified atom stereocenters. The number of hydrogen-bond acceptors (Lipinski definition) is 3. The van der Waals surface area contributed by atoms with Crippen molar-refractivity contribution in [3.05, 3.63) is 64.4 Å². The van der Waals surface area contributed by atoms with Gasteiger partial charge in [0.25, 0.3) is 0 Å². The summed E-state index contributed by atoms with van der Waals surface area (Å²) in [5.74, 6) is -0.729. The van der Waals surface area contributed by atoms with Gasteiger partial charge < -0.3 is 4.74 Å². The largest absolute Gasteiger partial charge is 0.465 e. The number of carbonyl (C=O) groups excluding carboxylic acids is 1. The molecule has 0 spiro atoms. The summed E-state index contributed by atoms with van der Waals surface area (Å²) in [6, 6.07) is 12.5. The van der Waals surface area contributed by atoms with Crippen molar-refractivity contribution in [1.29, 1.82) is 0 Å². The normalized spacial score (nSPS) is 10.3. The molecule has 0 aliphatic rings. The lowest BCUT2D eigenvalue weighted by atomic mass is 10.2. The monoisotopic (exact) mass is 310 g/mol. The second-order valence-electron chi connectivity index (χ2n) is 4.03. The lowest BCUT2D eigenvalue weighted by Crippen LogP contribution is -2.05. The molecule has 2 rings (SSSR count). The van der Waals surface area contributed by atoms with Crippen LogP contribution in [-0.2, 0) is 10.5 Å². The zero-order valence-electron chi connectivity index (χ0n) is 10.7. The van der Waals surface area contributed by atoms with Gasteiger partial charge in [0.1, 0.15) is 0 Å². The predicted molar refractivity (Wildman–Crippen MR) is 78.8 cm³/mol. The van der Waals surface area contributed by atoms with Crippen LogP contribution in [0.15, 0.2) is 47.4 Å². The number of benzene rings is 2. The average Bonchev–Trinajstić information content (AvgIpc) is 2.48. The molecule has 2 aromatic rings. The fourth-order valence-electron chi connectivity index (χ4n) is 1.66. The van der Waals surface area contributed by atoms with Crippen LogP contribution < -0.4 is 0 Å². The molecular formula is C15H12ClFO2S. The molecule has 0 saturated heterocycles. The van der Waals surface area contributed by atoms with E-state index in [9.17, 15) is 9.18 Å². The minimum atomic E-state index is -0.730. The van der Waals surface area contributed by atoms with Gasteiger partial charge in [-0.1, -0.05) is 41.9 Å². The van der Waals surface area contributed by atoms with E-state index in [1.54, 1.807) is 0 Å². The van der Waals surface area contributed by atoms with Gasteiger partial charge in [-0.25, -0.2) is 9.18 Å². The maximum absolute atomic E-state index is 14.2. The number of halogens is 2. The van der Waals surface area contributed by atoms with Crippen molar-refractivity contribution in [2.24, 2.45) is 0 Å². The molecule has 0 aromatic heterocycles. The third kappa shape index (κ3) is 3.52. The van der Waals surface area contributed by atoms with Crippen LogP contribution >= 0.6 is 23.4 Å². The minimum absolute atomic E-state index is 0.143. The van der Waals surface area contributed by atoms with Gasteiger partial charge >= 0.3 is 5.97 Å². The van der Waals surface area contributed by atoms with E-state index in [0.717, 1.165) is 5.56 Å². The first-order chi connectivity index (χ1) is 9.61. The van der Waals surface area contributed by atoms with Crippen molar-refractivity contribution in [3.63, 3.8) is 0 Å². The highest BCUT2D eigenvalue weighted by atomic mass is 35.5. The lowest BCUT2D eigenvalue weighted by Gasteiger charge is -2.08. The summed E-state index contributed by atoms with van der Waals surface area (Å²) in [5.41, 5.74) is 0.923. The van der Waals surface area contributed by atoms with E-state index in [4.69, 9.17) is 11.6 Å². The first kappa shape index (κ1) is 14.9. The summed E-state index contributed by atoms with van der Waals surface area (Å²) in [5, 5.41) is 0.308. The fourth-order valence-corrected chi connectivity index (χ4v) is 2.91. The Labute approximate surface area is 125 Å². The second kappa shape index (κ2) is 6.77. The number of esters is 1. The smallest absolute Gasteiger partial charge is 0.340 e. The van der Waals surface area contributed by atoms with Crippen LogP contribution in [0.1, 0.15) is 15.9 Å². The molecular weight excluding hydrogens is 299 g/mol. The van der Waals surface area contributed by atoms with Crippen molar-refractivity contribution < 1.29 is 13.9 Å². The Morgan fingerprint density at radius 2 is 2.00 bits per heavy atom. The highest BCUT2D eigenvalue weighted by Crippen LogP contribution is 2.30. The summed E-state index contributed by atoms with van der Waals surface area (Å²) < 4.78 is 18.8. The van der Waals surface area contributed by atoms with Crippen molar-refractivity contribution in [2.75, 3.05) is 7.11 Å². The van der Waals surface area contributed by atoms with Gasteiger partial charge in [0.2, 0.25) is 0 Å². The third-order valence-corrected chi connectivity index (χ3v) is 3.95. The highest BCUT2D eigenvalue weighted by Gasteiger charge is 2.17. The number of ether oxygens (including phenoxy) is 1. The second-order valence-corrected chi connectivity index (χ2v) is 5.48. The van der Waals surface area contributed by atoms with E-state index in [2.05, 4.69) is 4.74 Å². The SMILES string of the molecule is COC(=O)c1cc(Cl)cc(SCc2ccccc2)c1F. The number of methoxy groups -OCH3 is 1. The van der Waals surface area contributed by atoms with E-state index in [-0.39, 0.29) is 5.56 Å². The number of rotatable bonds is 4. The van der Waals surface area contributed by atoms with Gasteiger partial charge in [0, 0.05) is 15.7 Å². The van der Waals surface area contributed by atoms with E-state index in [1.165, 1.54) is 31.0 Å². The van der Waals surface area contributed by atoms with Gasteiger partial charge in [0.15, 0.2) is 5.82 Å². The van der Waals surface area contributed by atoms with Gasteiger partial charge in [-0.3, -0.25) is 0 Å². The van der Waals surface area contributed by atoms with Gasteiger partial charge in [-0.05, 0) is 17.7 Å². The topological polar surface area (TPSA) is 26.3 Å². The van der Waals surface area contributed by atoms with Crippen LogP contribution in [0.5, 0.6) is 0 Å². The molecule has 0 heterocycles. The van der Waals surface area contributed by atoms with Crippen LogP contribution in [0.2, 0.25) is 5.02 Å². The number of thioether (sulfide) groups is 1. The van der Waals surface area contributed by atoms with Crippen molar-refractivity contribution in [2.45, 2.75) is 10.6 Å². The van der Waals surface area contributed by atoms with Crippen LogP contribution in [0.3, 0.4) is 0 Å². The Morgan fingerprint density at radius 3 is 2.65 bits per heavy atom. The molecule has 2 aromatic carbocycles. The Hall–Kier alpha value is -1.52. The van der Waals surface area contributed by atoms with Gasteiger partial charge in [0.05, 0.1) is 12.7 Å². The van der Waals surface area contributed by atoms with Gasteiger partial charge in [-0.2, -0.15) is 0 Å². The molecule has 0 aliphatic heterocycles. The van der Waals surface area contributed by atoms with E-state index < -0.39 is 11.8 Å². The number of carbonyl (C=O) groups is 1. The zero-order chi connectivity index (χ0) is 14.5. The third-order valence-electron chi connectivity index (χ3n) is 2.65. The summed E-state index contributed by atoms with van der Waals surface area (Å²) in [6.07, 6.45) is 0. The molecule has 0 atom stereocenters. The molecule has 5 heteroatoms. The number of hydrogen-bond donors (Lipinski definition) is 0. The summed E-state index contributed by atoms with van der Waals surface area (Å²) in [4.78, 5) is 11.8. The summed E-state index contributed by atoms with van der Waals surface area (Å²) in [6.45, 7) is 0. The van der Waals surface area contributed by atoms with E-state index >= 15 is 0 Å². The van der Waals surface area contributed by atoms with E-state index in [0.29, 0.717) is 15.7 Å². The maximum atomic E-state index is 14.2. The Kier molecular flexibility index (Phi) is 5.04. The molecule has 0 fully saturated rings. The lowest BCUT2D eigenvalue weighted by molar-refractivity contribution is 0.0595. The molecule has 0 N–H and O–H groups in total. The van der Waals surface area contributed by atoms with Crippen molar-refractivity contribution in [1.82, 2.24) is 0 Å². The van der Waals surface area contributed by atoms with Crippen LogP contribution in [0.4, 0.5) is 4.39 Å². The molecule has 0 bridgehead atoms. The van der Waals surface area contributed by atoms with E-state index in [1.807, 2.05) is 30.3 Å².